The molecule has 1 amide bonds. The number of amides is 1. The lowest BCUT2D eigenvalue weighted by molar-refractivity contribution is 0.0946. The number of nitrogens with zero attached hydrogens (tertiary/aromatic N) is 2. The number of aliphatic hydroxyl groups excluding tert-OH is 1. The van der Waals surface area contributed by atoms with Gasteiger partial charge in [0.25, 0.3) is 5.91 Å². The molecular formula is C13H15N3O2. The lowest BCUT2D eigenvalue weighted by Crippen LogP contribution is -2.25. The number of rotatable bonds is 5. The number of benzene rings is 1. The van der Waals surface area contributed by atoms with Gasteiger partial charge in [-0.3, -0.25) is 4.79 Å². The first-order valence-corrected chi connectivity index (χ1v) is 5.80. The van der Waals surface area contributed by atoms with E-state index in [4.69, 9.17) is 5.11 Å². The molecule has 2 rings (SSSR count). The van der Waals surface area contributed by atoms with Crippen LogP contribution >= 0.6 is 0 Å². The minimum atomic E-state index is -0.224. The summed E-state index contributed by atoms with van der Waals surface area (Å²) < 4.78 is 1.79. The fourth-order valence-corrected chi connectivity index (χ4v) is 1.55. The highest BCUT2D eigenvalue weighted by Crippen LogP contribution is 2.07. The van der Waals surface area contributed by atoms with E-state index in [2.05, 4.69) is 10.3 Å². The Kier molecular flexibility index (Phi) is 4.09. The molecule has 0 spiro atoms. The molecule has 0 unspecified atom stereocenters. The Labute approximate surface area is 105 Å². The molecular weight excluding hydrogens is 230 g/mol. The number of para-hydroxylation sites is 1. The van der Waals surface area contributed by atoms with Gasteiger partial charge in [-0.15, -0.1) is 0 Å². The van der Waals surface area contributed by atoms with Crippen molar-refractivity contribution in [3.8, 4) is 5.69 Å². The number of imidazole rings is 1. The number of carbonyl (C=O) groups excluding carboxylic acids is 1. The lowest BCUT2D eigenvalue weighted by atomic mass is 10.3. The van der Waals surface area contributed by atoms with E-state index in [0.717, 1.165) is 5.69 Å². The van der Waals surface area contributed by atoms with Crippen molar-refractivity contribution in [2.75, 3.05) is 13.2 Å². The third-order valence-electron chi connectivity index (χ3n) is 2.49. The second-order valence-electron chi connectivity index (χ2n) is 3.83. The smallest absolute Gasteiger partial charge is 0.271 e. The first kappa shape index (κ1) is 12.3. The Hall–Kier alpha value is -2.14. The minimum Gasteiger partial charge on any atom is -0.396 e. The van der Waals surface area contributed by atoms with E-state index in [1.54, 1.807) is 17.1 Å². The molecule has 1 heterocycles. The molecule has 0 saturated heterocycles. The van der Waals surface area contributed by atoms with E-state index < -0.39 is 0 Å². The molecule has 18 heavy (non-hydrogen) atoms. The maximum Gasteiger partial charge on any atom is 0.271 e. The van der Waals surface area contributed by atoms with Crippen molar-refractivity contribution in [3.63, 3.8) is 0 Å². The second kappa shape index (κ2) is 5.97. The van der Waals surface area contributed by atoms with E-state index in [0.29, 0.717) is 18.7 Å². The van der Waals surface area contributed by atoms with Crippen LogP contribution in [0.5, 0.6) is 0 Å². The third kappa shape index (κ3) is 2.95. The zero-order chi connectivity index (χ0) is 12.8. The van der Waals surface area contributed by atoms with Gasteiger partial charge in [-0.05, 0) is 18.6 Å². The van der Waals surface area contributed by atoms with Gasteiger partial charge in [-0.25, -0.2) is 4.98 Å². The van der Waals surface area contributed by atoms with Crippen LogP contribution in [0, 0.1) is 0 Å². The Bertz CT molecular complexity index is 508. The Morgan fingerprint density at radius 1 is 1.33 bits per heavy atom. The summed E-state index contributed by atoms with van der Waals surface area (Å²) >= 11 is 0. The Morgan fingerprint density at radius 3 is 2.83 bits per heavy atom. The highest BCUT2D eigenvalue weighted by molar-refractivity contribution is 5.92. The van der Waals surface area contributed by atoms with Crippen LogP contribution < -0.4 is 5.32 Å². The fraction of sp³-hybridized carbons (Fsp3) is 0.231. The van der Waals surface area contributed by atoms with Crippen LogP contribution in [-0.2, 0) is 0 Å². The quantitative estimate of drug-likeness (QED) is 0.772. The van der Waals surface area contributed by atoms with Gasteiger partial charge in [0.05, 0.1) is 0 Å². The SMILES string of the molecule is O=C(NCCCO)c1cn(-c2ccccc2)cn1. The van der Waals surface area contributed by atoms with E-state index in [9.17, 15) is 4.79 Å². The lowest BCUT2D eigenvalue weighted by Gasteiger charge is -2.01. The predicted octanol–water partition coefficient (Wildman–Crippen LogP) is 0.984. The summed E-state index contributed by atoms with van der Waals surface area (Å²) in [6.07, 6.45) is 3.84. The van der Waals surface area contributed by atoms with Crippen molar-refractivity contribution < 1.29 is 9.90 Å². The molecule has 0 bridgehead atoms. The number of carbonyl (C=O) groups is 1. The summed E-state index contributed by atoms with van der Waals surface area (Å²) in [5.74, 6) is -0.224. The fourth-order valence-electron chi connectivity index (χ4n) is 1.55. The van der Waals surface area contributed by atoms with Gasteiger partial charge in [0.1, 0.15) is 12.0 Å². The summed E-state index contributed by atoms with van der Waals surface area (Å²) in [6, 6.07) is 9.67. The van der Waals surface area contributed by atoms with E-state index in [1.807, 2.05) is 30.3 Å². The van der Waals surface area contributed by atoms with Gasteiger partial charge >= 0.3 is 0 Å². The highest BCUT2D eigenvalue weighted by atomic mass is 16.3. The van der Waals surface area contributed by atoms with E-state index in [-0.39, 0.29) is 12.5 Å². The molecule has 1 aromatic carbocycles. The van der Waals surface area contributed by atoms with Gasteiger partial charge in [0.15, 0.2) is 0 Å². The predicted molar refractivity (Wildman–Crippen MR) is 67.6 cm³/mol. The maximum absolute atomic E-state index is 11.7. The second-order valence-corrected chi connectivity index (χ2v) is 3.83. The number of aromatic nitrogens is 2. The summed E-state index contributed by atoms with van der Waals surface area (Å²) in [6.45, 7) is 0.520. The molecule has 2 aromatic rings. The molecule has 0 saturated carbocycles. The average molecular weight is 245 g/mol. The summed E-state index contributed by atoms with van der Waals surface area (Å²) in [4.78, 5) is 15.8. The van der Waals surface area contributed by atoms with Crippen LogP contribution in [0.15, 0.2) is 42.9 Å². The zero-order valence-corrected chi connectivity index (χ0v) is 9.91. The maximum atomic E-state index is 11.7. The van der Waals surface area contributed by atoms with E-state index in [1.165, 1.54) is 0 Å². The van der Waals surface area contributed by atoms with Crippen LogP contribution in [-0.4, -0.2) is 33.7 Å². The molecule has 0 aliphatic rings. The standard InChI is InChI=1S/C13H15N3O2/c17-8-4-7-14-13(18)12-9-16(10-15-12)11-5-2-1-3-6-11/h1-3,5-6,9-10,17H,4,7-8H2,(H,14,18). The highest BCUT2D eigenvalue weighted by Gasteiger charge is 2.08. The number of hydrogen-bond acceptors (Lipinski definition) is 3. The topological polar surface area (TPSA) is 67.2 Å². The van der Waals surface area contributed by atoms with Gasteiger partial charge in [-0.2, -0.15) is 0 Å². The molecule has 0 fully saturated rings. The molecule has 0 atom stereocenters. The van der Waals surface area contributed by atoms with Crippen molar-refractivity contribution >= 4 is 5.91 Å². The summed E-state index contributed by atoms with van der Waals surface area (Å²) in [7, 11) is 0. The summed E-state index contributed by atoms with van der Waals surface area (Å²) in [5, 5.41) is 11.3. The van der Waals surface area contributed by atoms with Crippen molar-refractivity contribution in [1.29, 1.82) is 0 Å². The number of aliphatic hydroxyl groups is 1. The van der Waals surface area contributed by atoms with Gasteiger partial charge in [0, 0.05) is 25.0 Å². The molecule has 5 nitrogen and oxygen atoms in total. The van der Waals surface area contributed by atoms with Crippen LogP contribution in [0.1, 0.15) is 16.9 Å². The first-order valence-electron chi connectivity index (χ1n) is 5.80. The molecule has 0 aliphatic carbocycles. The number of hydrogen-bond donors (Lipinski definition) is 2. The van der Waals surface area contributed by atoms with Crippen LogP contribution in [0.3, 0.4) is 0 Å². The minimum absolute atomic E-state index is 0.0682. The first-order chi connectivity index (χ1) is 8.81. The molecule has 1 aromatic heterocycles. The zero-order valence-electron chi connectivity index (χ0n) is 9.91. The van der Waals surface area contributed by atoms with Crippen LogP contribution in [0.25, 0.3) is 5.69 Å². The Morgan fingerprint density at radius 2 is 2.11 bits per heavy atom. The largest absolute Gasteiger partial charge is 0.396 e. The van der Waals surface area contributed by atoms with Crippen molar-refractivity contribution in [2.24, 2.45) is 0 Å². The van der Waals surface area contributed by atoms with Gasteiger partial charge < -0.3 is 15.0 Å². The molecule has 2 N–H and O–H groups in total. The van der Waals surface area contributed by atoms with Crippen LogP contribution in [0.4, 0.5) is 0 Å². The Balaban J connectivity index is 2.04. The normalized spacial score (nSPS) is 10.3. The molecule has 0 radical (unpaired) electrons. The van der Waals surface area contributed by atoms with Crippen molar-refractivity contribution in [1.82, 2.24) is 14.9 Å². The van der Waals surface area contributed by atoms with Crippen LogP contribution in [0.2, 0.25) is 0 Å². The molecule has 5 heteroatoms. The molecule has 0 aliphatic heterocycles. The van der Waals surface area contributed by atoms with Crippen molar-refractivity contribution in [3.05, 3.63) is 48.5 Å². The third-order valence-corrected chi connectivity index (χ3v) is 2.49. The van der Waals surface area contributed by atoms with Gasteiger partial charge in [0.2, 0.25) is 0 Å². The van der Waals surface area contributed by atoms with Gasteiger partial charge in [-0.1, -0.05) is 18.2 Å². The van der Waals surface area contributed by atoms with E-state index >= 15 is 0 Å². The molecule has 94 valence electrons. The number of nitrogens with one attached hydrogen (secondary N) is 1. The average Bonchev–Trinajstić information content (AvgIpc) is 2.89. The van der Waals surface area contributed by atoms with Crippen molar-refractivity contribution in [2.45, 2.75) is 6.42 Å². The summed E-state index contributed by atoms with van der Waals surface area (Å²) in [5.41, 5.74) is 1.33. The monoisotopic (exact) mass is 245 g/mol.